The van der Waals surface area contributed by atoms with Gasteiger partial charge >= 0.3 is 0 Å². The van der Waals surface area contributed by atoms with Crippen molar-refractivity contribution < 1.29 is 9.13 Å². The maximum atomic E-state index is 12.9. The fourth-order valence-electron chi connectivity index (χ4n) is 1.85. The Kier molecular flexibility index (Phi) is 4.27. The van der Waals surface area contributed by atoms with Gasteiger partial charge < -0.3 is 10.1 Å². The van der Waals surface area contributed by atoms with Gasteiger partial charge in [-0.25, -0.2) is 4.39 Å². The van der Waals surface area contributed by atoms with Gasteiger partial charge in [-0.15, -0.1) is 0 Å². The molecule has 0 aromatic heterocycles. The van der Waals surface area contributed by atoms with Gasteiger partial charge in [0.05, 0.1) is 7.11 Å². The number of methoxy groups -OCH3 is 1. The molecule has 2 aromatic carbocycles. The lowest BCUT2D eigenvalue weighted by molar-refractivity contribution is 0.412. The minimum absolute atomic E-state index is 0.325. The third kappa shape index (κ3) is 3.38. The number of halogens is 2. The number of nitrogens with one attached hydrogen (secondary N) is 1. The van der Waals surface area contributed by atoms with Crippen LogP contribution in [0.25, 0.3) is 0 Å². The van der Waals surface area contributed by atoms with Gasteiger partial charge in [-0.2, -0.15) is 0 Å². The Morgan fingerprint density at radius 1 is 1.21 bits per heavy atom. The summed E-state index contributed by atoms with van der Waals surface area (Å²) < 4.78 is 18.1. The zero-order valence-electron chi connectivity index (χ0n) is 10.8. The molecule has 0 atom stereocenters. The van der Waals surface area contributed by atoms with Crippen molar-refractivity contribution in [3.63, 3.8) is 0 Å². The number of hydrogen-bond donors (Lipinski definition) is 1. The number of anilines is 1. The number of benzene rings is 2. The fourth-order valence-corrected chi connectivity index (χ4v) is 2.08. The van der Waals surface area contributed by atoms with E-state index < -0.39 is 0 Å². The van der Waals surface area contributed by atoms with E-state index in [-0.39, 0.29) is 5.82 Å². The molecule has 0 saturated carbocycles. The van der Waals surface area contributed by atoms with Crippen LogP contribution in [0.5, 0.6) is 5.75 Å². The molecule has 0 amide bonds. The molecule has 2 nitrogen and oxygen atoms in total. The monoisotopic (exact) mass is 279 g/mol. The molecular weight excluding hydrogens is 265 g/mol. The first-order chi connectivity index (χ1) is 9.10. The molecule has 0 saturated heterocycles. The number of hydrogen-bond acceptors (Lipinski definition) is 2. The Balaban J connectivity index is 2.08. The molecule has 100 valence electrons. The van der Waals surface area contributed by atoms with Crippen LogP contribution in [0.2, 0.25) is 5.02 Å². The summed E-state index contributed by atoms with van der Waals surface area (Å²) in [6.07, 6.45) is 0. The molecule has 0 radical (unpaired) electrons. The second-order valence-corrected chi connectivity index (χ2v) is 4.68. The van der Waals surface area contributed by atoms with E-state index in [2.05, 4.69) is 5.32 Å². The Hall–Kier alpha value is -1.74. The lowest BCUT2D eigenvalue weighted by Gasteiger charge is -2.11. The molecular formula is C15H15ClFNO. The van der Waals surface area contributed by atoms with Crippen LogP contribution >= 0.6 is 11.6 Å². The average Bonchev–Trinajstić information content (AvgIpc) is 2.38. The SMILES string of the molecule is COc1ccc(NCc2ccc(F)cc2Cl)cc1C. The number of rotatable bonds is 4. The van der Waals surface area contributed by atoms with Crippen molar-refractivity contribution in [2.24, 2.45) is 0 Å². The van der Waals surface area contributed by atoms with E-state index in [1.807, 2.05) is 25.1 Å². The molecule has 0 heterocycles. The molecule has 2 rings (SSSR count). The molecule has 2 aromatic rings. The molecule has 0 aliphatic heterocycles. The van der Waals surface area contributed by atoms with Crippen LogP contribution in [0, 0.1) is 12.7 Å². The largest absolute Gasteiger partial charge is 0.496 e. The summed E-state index contributed by atoms with van der Waals surface area (Å²) in [5.74, 6) is 0.527. The van der Waals surface area contributed by atoms with E-state index >= 15 is 0 Å². The molecule has 0 spiro atoms. The second-order valence-electron chi connectivity index (χ2n) is 4.27. The first-order valence-corrected chi connectivity index (χ1v) is 6.30. The average molecular weight is 280 g/mol. The molecule has 1 N–H and O–H groups in total. The minimum Gasteiger partial charge on any atom is -0.496 e. The molecule has 0 aliphatic rings. The topological polar surface area (TPSA) is 21.3 Å². The molecule has 0 bridgehead atoms. The van der Waals surface area contributed by atoms with Gasteiger partial charge in [0.2, 0.25) is 0 Å². The molecule has 0 aliphatic carbocycles. The number of aryl methyl sites for hydroxylation is 1. The molecule has 0 fully saturated rings. The lowest BCUT2D eigenvalue weighted by Crippen LogP contribution is -2.01. The van der Waals surface area contributed by atoms with Gasteiger partial charge in [0.1, 0.15) is 11.6 Å². The highest BCUT2D eigenvalue weighted by Crippen LogP contribution is 2.23. The third-order valence-corrected chi connectivity index (χ3v) is 3.24. The van der Waals surface area contributed by atoms with Gasteiger partial charge in [0.25, 0.3) is 0 Å². The number of ether oxygens (including phenoxy) is 1. The highest BCUT2D eigenvalue weighted by Gasteiger charge is 2.03. The van der Waals surface area contributed by atoms with E-state index in [1.165, 1.54) is 12.1 Å². The van der Waals surface area contributed by atoms with Crippen molar-refractivity contribution in [1.29, 1.82) is 0 Å². The van der Waals surface area contributed by atoms with Crippen molar-refractivity contribution in [3.8, 4) is 5.75 Å². The van der Waals surface area contributed by atoms with Crippen molar-refractivity contribution in [3.05, 3.63) is 58.4 Å². The van der Waals surface area contributed by atoms with Crippen molar-refractivity contribution in [1.82, 2.24) is 0 Å². The first-order valence-electron chi connectivity index (χ1n) is 5.92. The van der Waals surface area contributed by atoms with Gasteiger partial charge in [-0.05, 0) is 48.4 Å². The standard InChI is InChI=1S/C15H15ClFNO/c1-10-7-13(5-6-15(10)19-2)18-9-11-3-4-12(17)8-14(11)16/h3-8,18H,9H2,1-2H3. The van der Waals surface area contributed by atoms with Gasteiger partial charge in [0, 0.05) is 17.3 Å². The molecule has 0 unspecified atom stereocenters. The summed E-state index contributed by atoms with van der Waals surface area (Å²) in [7, 11) is 1.65. The zero-order chi connectivity index (χ0) is 13.8. The lowest BCUT2D eigenvalue weighted by atomic mass is 10.2. The Morgan fingerprint density at radius 3 is 2.63 bits per heavy atom. The van der Waals surface area contributed by atoms with Crippen LogP contribution in [0.1, 0.15) is 11.1 Å². The maximum Gasteiger partial charge on any atom is 0.124 e. The van der Waals surface area contributed by atoms with Crippen molar-refractivity contribution in [2.45, 2.75) is 13.5 Å². The normalized spacial score (nSPS) is 10.3. The Morgan fingerprint density at radius 2 is 2.00 bits per heavy atom. The maximum absolute atomic E-state index is 12.9. The summed E-state index contributed by atoms with van der Waals surface area (Å²) in [4.78, 5) is 0. The molecule has 19 heavy (non-hydrogen) atoms. The van der Waals surface area contributed by atoms with E-state index in [9.17, 15) is 4.39 Å². The smallest absolute Gasteiger partial charge is 0.124 e. The van der Waals surface area contributed by atoms with Gasteiger partial charge in [-0.1, -0.05) is 17.7 Å². The van der Waals surface area contributed by atoms with Crippen LogP contribution in [0.3, 0.4) is 0 Å². The van der Waals surface area contributed by atoms with E-state index in [1.54, 1.807) is 13.2 Å². The van der Waals surface area contributed by atoms with E-state index in [0.29, 0.717) is 11.6 Å². The van der Waals surface area contributed by atoms with Crippen molar-refractivity contribution in [2.75, 3.05) is 12.4 Å². The summed E-state index contributed by atoms with van der Waals surface area (Å²) in [6.45, 7) is 2.53. The first kappa shape index (κ1) is 13.7. The highest BCUT2D eigenvalue weighted by atomic mass is 35.5. The summed E-state index contributed by atoms with van der Waals surface area (Å²) in [5.41, 5.74) is 2.88. The third-order valence-electron chi connectivity index (χ3n) is 2.89. The van der Waals surface area contributed by atoms with E-state index in [4.69, 9.17) is 16.3 Å². The van der Waals surface area contributed by atoms with Crippen LogP contribution in [-0.4, -0.2) is 7.11 Å². The van der Waals surface area contributed by atoms with Crippen LogP contribution < -0.4 is 10.1 Å². The Bertz CT molecular complexity index is 586. The fraction of sp³-hybridized carbons (Fsp3) is 0.200. The Labute approximate surface area is 117 Å². The van der Waals surface area contributed by atoms with Gasteiger partial charge in [-0.3, -0.25) is 0 Å². The van der Waals surface area contributed by atoms with E-state index in [0.717, 1.165) is 22.6 Å². The summed E-state index contributed by atoms with van der Waals surface area (Å²) in [6, 6.07) is 10.2. The van der Waals surface area contributed by atoms with Crippen molar-refractivity contribution >= 4 is 17.3 Å². The van der Waals surface area contributed by atoms with Crippen LogP contribution in [0.15, 0.2) is 36.4 Å². The molecule has 4 heteroatoms. The minimum atomic E-state index is -0.325. The summed E-state index contributed by atoms with van der Waals surface area (Å²) in [5, 5.41) is 3.68. The summed E-state index contributed by atoms with van der Waals surface area (Å²) >= 11 is 5.97. The zero-order valence-corrected chi connectivity index (χ0v) is 11.6. The van der Waals surface area contributed by atoms with Crippen LogP contribution in [-0.2, 0) is 6.54 Å². The van der Waals surface area contributed by atoms with Crippen LogP contribution in [0.4, 0.5) is 10.1 Å². The predicted octanol–water partition coefficient (Wildman–Crippen LogP) is 4.41. The second kappa shape index (κ2) is 5.93. The highest BCUT2D eigenvalue weighted by molar-refractivity contribution is 6.31. The predicted molar refractivity (Wildman–Crippen MR) is 76.5 cm³/mol. The van der Waals surface area contributed by atoms with Gasteiger partial charge in [0.15, 0.2) is 0 Å². The quantitative estimate of drug-likeness (QED) is 0.895.